The average molecular weight is 388 g/mol. The third-order valence-electron chi connectivity index (χ3n) is 5.23. The molecule has 6 nitrogen and oxygen atoms in total. The highest BCUT2D eigenvalue weighted by Crippen LogP contribution is 2.13. The number of guanidine groups is 1. The summed E-state index contributed by atoms with van der Waals surface area (Å²) in [6, 6.07) is 11.1. The van der Waals surface area contributed by atoms with Crippen LogP contribution in [0.1, 0.15) is 45.6 Å². The normalized spacial score (nSPS) is 16.0. The Labute approximate surface area is 170 Å². The van der Waals surface area contributed by atoms with Crippen molar-refractivity contribution in [1.82, 2.24) is 20.4 Å². The minimum atomic E-state index is 0.179. The summed E-state index contributed by atoms with van der Waals surface area (Å²) < 4.78 is 0. The molecule has 0 aromatic heterocycles. The Morgan fingerprint density at radius 1 is 1.14 bits per heavy atom. The van der Waals surface area contributed by atoms with Gasteiger partial charge in [0.2, 0.25) is 5.91 Å². The minimum absolute atomic E-state index is 0.179. The molecule has 1 saturated heterocycles. The van der Waals surface area contributed by atoms with Crippen molar-refractivity contribution in [3.8, 4) is 0 Å². The van der Waals surface area contributed by atoms with E-state index in [0.29, 0.717) is 19.0 Å². The minimum Gasteiger partial charge on any atom is -0.357 e. The van der Waals surface area contributed by atoms with Gasteiger partial charge in [0.1, 0.15) is 0 Å². The number of rotatable bonds is 9. The van der Waals surface area contributed by atoms with Crippen LogP contribution in [0.5, 0.6) is 0 Å². The van der Waals surface area contributed by atoms with E-state index in [2.05, 4.69) is 57.8 Å². The maximum absolute atomic E-state index is 12.1. The third kappa shape index (κ3) is 7.50. The molecule has 0 atom stereocenters. The van der Waals surface area contributed by atoms with Gasteiger partial charge >= 0.3 is 0 Å². The fraction of sp³-hybridized carbons (Fsp3) is 0.636. The Balaban J connectivity index is 1.77. The smallest absolute Gasteiger partial charge is 0.224 e. The second-order valence-corrected chi connectivity index (χ2v) is 7.26. The molecule has 1 amide bonds. The van der Waals surface area contributed by atoms with Crippen molar-refractivity contribution in [3.05, 3.63) is 35.9 Å². The molecule has 2 N–H and O–H groups in total. The van der Waals surface area contributed by atoms with Gasteiger partial charge < -0.3 is 15.5 Å². The average Bonchev–Trinajstić information content (AvgIpc) is 2.71. The molecule has 0 spiro atoms. The SMILES string of the molecule is CCNC(=NCCC(=O)N(CC)CC)NC1CCN(Cc2ccccc2)CC1. The molecule has 1 fully saturated rings. The number of piperidine rings is 1. The number of amides is 1. The van der Waals surface area contributed by atoms with Gasteiger partial charge in [0, 0.05) is 51.7 Å². The maximum Gasteiger partial charge on any atom is 0.224 e. The van der Waals surface area contributed by atoms with Gasteiger partial charge in [-0.3, -0.25) is 14.7 Å². The lowest BCUT2D eigenvalue weighted by Gasteiger charge is -2.33. The highest BCUT2D eigenvalue weighted by molar-refractivity contribution is 5.81. The summed E-state index contributed by atoms with van der Waals surface area (Å²) in [5.41, 5.74) is 1.38. The highest BCUT2D eigenvalue weighted by Gasteiger charge is 2.20. The molecule has 1 aromatic carbocycles. The predicted octanol–water partition coefficient (Wildman–Crippen LogP) is 2.46. The zero-order chi connectivity index (χ0) is 20.2. The van der Waals surface area contributed by atoms with Crippen molar-refractivity contribution in [2.75, 3.05) is 39.3 Å². The molecule has 156 valence electrons. The van der Waals surface area contributed by atoms with Gasteiger partial charge in [-0.15, -0.1) is 0 Å². The first-order chi connectivity index (χ1) is 13.7. The van der Waals surface area contributed by atoms with Crippen LogP contribution in [0.4, 0.5) is 0 Å². The van der Waals surface area contributed by atoms with E-state index in [-0.39, 0.29) is 5.91 Å². The molecule has 0 bridgehead atoms. The zero-order valence-electron chi connectivity index (χ0n) is 17.8. The van der Waals surface area contributed by atoms with Gasteiger partial charge in [0.25, 0.3) is 0 Å². The molecule has 2 rings (SSSR count). The number of benzene rings is 1. The first-order valence-corrected chi connectivity index (χ1v) is 10.7. The number of aliphatic imine (C=N–C) groups is 1. The van der Waals surface area contributed by atoms with Crippen LogP contribution in [-0.4, -0.2) is 67.0 Å². The lowest BCUT2D eigenvalue weighted by Crippen LogP contribution is -2.48. The molecule has 1 heterocycles. The van der Waals surface area contributed by atoms with Crippen molar-refractivity contribution >= 4 is 11.9 Å². The summed E-state index contributed by atoms with van der Waals surface area (Å²) in [5.74, 6) is 1.01. The third-order valence-corrected chi connectivity index (χ3v) is 5.23. The Bertz CT molecular complexity index is 592. The molecule has 0 unspecified atom stereocenters. The summed E-state index contributed by atoms with van der Waals surface area (Å²) >= 11 is 0. The highest BCUT2D eigenvalue weighted by atomic mass is 16.2. The van der Waals surface area contributed by atoms with Crippen molar-refractivity contribution in [2.24, 2.45) is 4.99 Å². The van der Waals surface area contributed by atoms with E-state index < -0.39 is 0 Å². The van der Waals surface area contributed by atoms with Crippen molar-refractivity contribution in [1.29, 1.82) is 0 Å². The largest absolute Gasteiger partial charge is 0.357 e. The summed E-state index contributed by atoms with van der Waals surface area (Å²) in [6.07, 6.45) is 2.68. The standard InChI is InChI=1S/C22H37N5O/c1-4-23-22(24-15-12-21(28)27(5-2)6-3)25-20-13-16-26(17-14-20)18-19-10-8-7-9-11-19/h7-11,20H,4-6,12-18H2,1-3H3,(H2,23,24,25). The van der Waals surface area contributed by atoms with E-state index in [9.17, 15) is 4.79 Å². The van der Waals surface area contributed by atoms with Crippen LogP contribution in [0, 0.1) is 0 Å². The van der Waals surface area contributed by atoms with Crippen LogP contribution in [0.2, 0.25) is 0 Å². The van der Waals surface area contributed by atoms with Crippen LogP contribution in [0.3, 0.4) is 0 Å². The van der Waals surface area contributed by atoms with Crippen molar-refractivity contribution < 1.29 is 4.79 Å². The van der Waals surface area contributed by atoms with Crippen molar-refractivity contribution in [2.45, 2.75) is 52.6 Å². The monoisotopic (exact) mass is 387 g/mol. The number of carbonyl (C=O) groups excluding carboxylic acids is 1. The van der Waals surface area contributed by atoms with Gasteiger partial charge in [-0.1, -0.05) is 30.3 Å². The Hall–Kier alpha value is -2.08. The molecule has 1 aliphatic rings. The summed E-state index contributed by atoms with van der Waals surface area (Å²) in [4.78, 5) is 21.1. The molecule has 0 saturated carbocycles. The molecular weight excluding hydrogens is 350 g/mol. The quantitative estimate of drug-likeness (QED) is 0.505. The summed E-state index contributed by atoms with van der Waals surface area (Å²) in [6.45, 7) is 12.2. The topological polar surface area (TPSA) is 60.0 Å². The maximum atomic E-state index is 12.1. The van der Waals surface area contributed by atoms with Gasteiger partial charge in [-0.25, -0.2) is 0 Å². The van der Waals surface area contributed by atoms with Crippen LogP contribution in [0.25, 0.3) is 0 Å². The zero-order valence-corrected chi connectivity index (χ0v) is 17.8. The summed E-state index contributed by atoms with van der Waals surface area (Å²) in [5, 5.41) is 6.87. The Kier molecular flexibility index (Phi) is 9.83. The number of likely N-dealkylation sites (tertiary alicyclic amines) is 1. The number of carbonyl (C=O) groups is 1. The van der Waals surface area contributed by atoms with Crippen LogP contribution >= 0.6 is 0 Å². The number of nitrogens with zero attached hydrogens (tertiary/aromatic N) is 3. The Morgan fingerprint density at radius 2 is 1.82 bits per heavy atom. The molecule has 28 heavy (non-hydrogen) atoms. The van der Waals surface area contributed by atoms with Crippen molar-refractivity contribution in [3.63, 3.8) is 0 Å². The van der Waals surface area contributed by atoms with Crippen LogP contribution in [0.15, 0.2) is 35.3 Å². The van der Waals surface area contributed by atoms with E-state index in [1.165, 1.54) is 5.56 Å². The number of hydrogen-bond acceptors (Lipinski definition) is 3. The first kappa shape index (κ1) is 22.2. The number of nitrogens with one attached hydrogen (secondary N) is 2. The van der Waals surface area contributed by atoms with Gasteiger partial charge in [0.05, 0.1) is 6.54 Å². The van der Waals surface area contributed by atoms with E-state index in [4.69, 9.17) is 0 Å². The van der Waals surface area contributed by atoms with E-state index in [1.54, 1.807) is 0 Å². The predicted molar refractivity (Wildman–Crippen MR) is 116 cm³/mol. The molecule has 0 aliphatic carbocycles. The second-order valence-electron chi connectivity index (χ2n) is 7.26. The second kappa shape index (κ2) is 12.4. The molecular formula is C22H37N5O. The van der Waals surface area contributed by atoms with Crippen LogP contribution in [-0.2, 0) is 11.3 Å². The Morgan fingerprint density at radius 3 is 2.43 bits per heavy atom. The lowest BCUT2D eigenvalue weighted by molar-refractivity contribution is -0.130. The number of hydrogen-bond donors (Lipinski definition) is 2. The van der Waals surface area contributed by atoms with E-state index in [1.807, 2.05) is 18.7 Å². The lowest BCUT2D eigenvalue weighted by atomic mass is 10.0. The fourth-order valence-corrected chi connectivity index (χ4v) is 3.59. The van der Waals surface area contributed by atoms with E-state index >= 15 is 0 Å². The van der Waals surface area contributed by atoms with Gasteiger partial charge in [0.15, 0.2) is 5.96 Å². The van der Waals surface area contributed by atoms with E-state index in [0.717, 1.165) is 58.1 Å². The van der Waals surface area contributed by atoms with Gasteiger partial charge in [-0.05, 0) is 39.2 Å². The molecule has 1 aromatic rings. The fourth-order valence-electron chi connectivity index (χ4n) is 3.59. The molecule has 6 heteroatoms. The molecule has 1 aliphatic heterocycles. The molecule has 0 radical (unpaired) electrons. The first-order valence-electron chi connectivity index (χ1n) is 10.7. The summed E-state index contributed by atoms with van der Waals surface area (Å²) in [7, 11) is 0. The van der Waals surface area contributed by atoms with Gasteiger partial charge in [-0.2, -0.15) is 0 Å². The van der Waals surface area contributed by atoms with Crippen LogP contribution < -0.4 is 10.6 Å².